The van der Waals surface area contributed by atoms with E-state index in [0.717, 1.165) is 77.5 Å². The van der Waals surface area contributed by atoms with Gasteiger partial charge in [-0.15, -0.1) is 0 Å². The van der Waals surface area contributed by atoms with Crippen LogP contribution in [0.3, 0.4) is 0 Å². The highest BCUT2D eigenvalue weighted by atomic mass is 16.4. The second kappa shape index (κ2) is 12.8. The third kappa shape index (κ3) is 9.12. The maximum atomic E-state index is 12.8. The van der Waals surface area contributed by atoms with Gasteiger partial charge in [-0.2, -0.15) is 0 Å². The van der Waals surface area contributed by atoms with Crippen LogP contribution in [0, 0.1) is 17.8 Å². The molecule has 0 aliphatic carbocycles. The third-order valence-electron chi connectivity index (χ3n) is 6.31. The van der Waals surface area contributed by atoms with E-state index in [4.69, 9.17) is 5.11 Å². The number of hydrogen-bond donors (Lipinski definition) is 5. The molecule has 0 spiro atoms. The van der Waals surface area contributed by atoms with Crippen molar-refractivity contribution >= 4 is 17.8 Å². The summed E-state index contributed by atoms with van der Waals surface area (Å²) in [6.07, 6.45) is 8.47. The van der Waals surface area contributed by atoms with E-state index in [-0.39, 0.29) is 18.4 Å². The van der Waals surface area contributed by atoms with Crippen LogP contribution in [0.1, 0.15) is 58.3 Å². The SMILES string of the molecule is CC(NC(=O)CNC(=O)C(CCC1CCNCC1)CCC1CCNCC1)C(=O)O. The Morgan fingerprint density at radius 1 is 0.931 bits per heavy atom. The summed E-state index contributed by atoms with van der Waals surface area (Å²) in [6.45, 7) is 5.45. The van der Waals surface area contributed by atoms with Crippen molar-refractivity contribution < 1.29 is 19.5 Å². The predicted molar refractivity (Wildman–Crippen MR) is 111 cm³/mol. The van der Waals surface area contributed by atoms with Gasteiger partial charge in [0, 0.05) is 5.92 Å². The lowest BCUT2D eigenvalue weighted by atomic mass is 9.84. The second-order valence-electron chi connectivity index (χ2n) is 8.58. The average molecular weight is 411 g/mol. The van der Waals surface area contributed by atoms with Gasteiger partial charge in [0.15, 0.2) is 0 Å². The van der Waals surface area contributed by atoms with Crippen LogP contribution in [0.2, 0.25) is 0 Å². The fraction of sp³-hybridized carbons (Fsp3) is 0.857. The van der Waals surface area contributed by atoms with E-state index in [1.54, 1.807) is 0 Å². The van der Waals surface area contributed by atoms with Crippen LogP contribution in [-0.4, -0.2) is 61.7 Å². The average Bonchev–Trinajstić information content (AvgIpc) is 2.73. The number of nitrogens with one attached hydrogen (secondary N) is 4. The number of hydrogen-bond acceptors (Lipinski definition) is 5. The van der Waals surface area contributed by atoms with Gasteiger partial charge in [0.25, 0.3) is 0 Å². The maximum Gasteiger partial charge on any atom is 0.325 e. The van der Waals surface area contributed by atoms with E-state index in [2.05, 4.69) is 21.3 Å². The lowest BCUT2D eigenvalue weighted by molar-refractivity contribution is -0.141. The minimum atomic E-state index is -1.09. The molecule has 166 valence electrons. The molecule has 2 aliphatic heterocycles. The molecule has 2 fully saturated rings. The van der Waals surface area contributed by atoms with E-state index < -0.39 is 17.9 Å². The molecule has 0 aromatic carbocycles. The van der Waals surface area contributed by atoms with Gasteiger partial charge in [-0.3, -0.25) is 14.4 Å². The Morgan fingerprint density at radius 3 is 1.86 bits per heavy atom. The zero-order valence-electron chi connectivity index (χ0n) is 17.7. The largest absolute Gasteiger partial charge is 0.480 e. The van der Waals surface area contributed by atoms with Crippen molar-refractivity contribution in [2.24, 2.45) is 17.8 Å². The number of amides is 2. The Morgan fingerprint density at radius 2 is 1.41 bits per heavy atom. The van der Waals surface area contributed by atoms with Crippen LogP contribution in [0.25, 0.3) is 0 Å². The lowest BCUT2D eigenvalue weighted by Gasteiger charge is -2.27. The first-order valence-corrected chi connectivity index (χ1v) is 11.2. The van der Waals surface area contributed by atoms with Gasteiger partial charge in [-0.1, -0.05) is 0 Å². The van der Waals surface area contributed by atoms with Gasteiger partial charge in [-0.05, 0) is 96.3 Å². The highest BCUT2D eigenvalue weighted by Crippen LogP contribution is 2.26. The molecule has 2 rings (SSSR count). The van der Waals surface area contributed by atoms with Crippen molar-refractivity contribution in [1.29, 1.82) is 0 Å². The number of aliphatic carboxylic acids is 1. The molecule has 1 unspecified atom stereocenters. The van der Waals surface area contributed by atoms with Crippen molar-refractivity contribution in [2.75, 3.05) is 32.7 Å². The first-order valence-electron chi connectivity index (χ1n) is 11.2. The topological polar surface area (TPSA) is 120 Å². The van der Waals surface area contributed by atoms with Crippen molar-refractivity contribution in [3.8, 4) is 0 Å². The highest BCUT2D eigenvalue weighted by Gasteiger charge is 2.24. The molecule has 8 nitrogen and oxygen atoms in total. The summed E-state index contributed by atoms with van der Waals surface area (Å²) in [5.41, 5.74) is 0. The van der Waals surface area contributed by atoms with Crippen LogP contribution in [0.5, 0.6) is 0 Å². The first-order chi connectivity index (χ1) is 14.0. The van der Waals surface area contributed by atoms with Gasteiger partial charge in [-0.25, -0.2) is 0 Å². The van der Waals surface area contributed by atoms with Crippen LogP contribution in [0.4, 0.5) is 0 Å². The summed E-state index contributed by atoms with van der Waals surface area (Å²) in [7, 11) is 0. The summed E-state index contributed by atoms with van der Waals surface area (Å²) < 4.78 is 0. The van der Waals surface area contributed by atoms with Crippen molar-refractivity contribution in [3.05, 3.63) is 0 Å². The molecule has 2 heterocycles. The van der Waals surface area contributed by atoms with Gasteiger partial charge in [0.2, 0.25) is 11.8 Å². The molecule has 0 aromatic rings. The Balaban J connectivity index is 1.81. The quantitative estimate of drug-likeness (QED) is 0.345. The Labute approximate surface area is 174 Å². The zero-order chi connectivity index (χ0) is 21.1. The predicted octanol–water partition coefficient (Wildman–Crippen LogP) is 0.868. The fourth-order valence-electron chi connectivity index (χ4n) is 4.29. The molecular formula is C21H38N4O4. The first kappa shape index (κ1) is 23.6. The van der Waals surface area contributed by atoms with Crippen molar-refractivity contribution in [3.63, 3.8) is 0 Å². The molecule has 29 heavy (non-hydrogen) atoms. The molecule has 5 N–H and O–H groups in total. The molecule has 1 atom stereocenters. The summed E-state index contributed by atoms with van der Waals surface area (Å²) in [4.78, 5) is 35.5. The fourth-order valence-corrected chi connectivity index (χ4v) is 4.29. The second-order valence-corrected chi connectivity index (χ2v) is 8.58. The molecule has 2 amide bonds. The monoisotopic (exact) mass is 410 g/mol. The maximum absolute atomic E-state index is 12.8. The molecule has 0 saturated carbocycles. The van der Waals surface area contributed by atoms with Crippen LogP contribution >= 0.6 is 0 Å². The summed E-state index contributed by atoms with van der Waals surface area (Å²) in [6, 6.07) is -0.963. The normalized spacial score (nSPS) is 19.7. The number of carbonyl (C=O) groups is 3. The zero-order valence-corrected chi connectivity index (χ0v) is 17.7. The molecule has 0 aromatic heterocycles. The smallest absolute Gasteiger partial charge is 0.325 e. The Kier molecular flexibility index (Phi) is 10.4. The number of piperidine rings is 2. The molecule has 8 heteroatoms. The minimum Gasteiger partial charge on any atom is -0.480 e. The van der Waals surface area contributed by atoms with Crippen LogP contribution < -0.4 is 21.3 Å². The van der Waals surface area contributed by atoms with Crippen LogP contribution in [-0.2, 0) is 14.4 Å². The van der Waals surface area contributed by atoms with E-state index in [0.29, 0.717) is 11.8 Å². The van der Waals surface area contributed by atoms with E-state index in [9.17, 15) is 14.4 Å². The minimum absolute atomic E-state index is 0.0778. The van der Waals surface area contributed by atoms with Gasteiger partial charge >= 0.3 is 5.97 Å². The molecule has 2 aliphatic rings. The molecule has 2 saturated heterocycles. The number of carbonyl (C=O) groups excluding carboxylic acids is 2. The number of rotatable bonds is 11. The Bertz CT molecular complexity index is 509. The van der Waals surface area contributed by atoms with E-state index >= 15 is 0 Å². The number of carboxylic acid groups (broad SMARTS) is 1. The van der Waals surface area contributed by atoms with E-state index in [1.807, 2.05) is 0 Å². The molecule has 0 bridgehead atoms. The van der Waals surface area contributed by atoms with Crippen molar-refractivity contribution in [2.45, 2.75) is 64.3 Å². The molecule has 0 radical (unpaired) electrons. The van der Waals surface area contributed by atoms with Crippen LogP contribution in [0.15, 0.2) is 0 Å². The summed E-state index contributed by atoms with van der Waals surface area (Å²) in [5.74, 6) is -0.374. The summed E-state index contributed by atoms with van der Waals surface area (Å²) >= 11 is 0. The van der Waals surface area contributed by atoms with Gasteiger partial charge < -0.3 is 26.4 Å². The number of carboxylic acids is 1. The Hall–Kier alpha value is -1.67. The van der Waals surface area contributed by atoms with E-state index in [1.165, 1.54) is 6.92 Å². The standard InChI is InChI=1S/C21H38N4O4/c1-15(21(28)29)25-19(26)14-24-20(27)18(4-2-16-6-10-22-11-7-16)5-3-17-8-12-23-13-9-17/h15-18,22-23H,2-14H2,1H3,(H,24,27)(H,25,26)(H,28,29). The van der Waals surface area contributed by atoms with Crippen molar-refractivity contribution in [1.82, 2.24) is 21.3 Å². The third-order valence-corrected chi connectivity index (χ3v) is 6.31. The van der Waals surface area contributed by atoms with Gasteiger partial charge in [0.05, 0.1) is 6.54 Å². The highest BCUT2D eigenvalue weighted by molar-refractivity contribution is 5.88. The summed E-state index contributed by atoms with van der Waals surface area (Å²) in [5, 5.41) is 20.7. The molecular weight excluding hydrogens is 372 g/mol. The lowest BCUT2D eigenvalue weighted by Crippen LogP contribution is -2.45. The van der Waals surface area contributed by atoms with Gasteiger partial charge in [0.1, 0.15) is 6.04 Å².